The second-order valence-electron chi connectivity index (χ2n) is 4.02. The van der Waals surface area contributed by atoms with E-state index < -0.39 is 5.97 Å². The van der Waals surface area contributed by atoms with Crippen molar-refractivity contribution in [2.45, 2.75) is 20.0 Å². The first-order valence-corrected chi connectivity index (χ1v) is 6.29. The first-order valence-electron chi connectivity index (χ1n) is 6.29. The molecule has 0 saturated carbocycles. The van der Waals surface area contributed by atoms with Gasteiger partial charge in [-0.2, -0.15) is 0 Å². The maximum absolute atomic E-state index is 10.8. The standard InChI is InChI=1S/C14H20O5/c1-3-17-10-11(2)18-7-8-19-13-6-4-5-12(9-13)14(15)16/h4-6,9,11H,3,7-8,10H2,1-2H3,(H,15,16). The molecule has 106 valence electrons. The number of aromatic carboxylic acids is 1. The van der Waals surface area contributed by atoms with Crippen molar-refractivity contribution in [2.75, 3.05) is 26.4 Å². The first kappa shape index (κ1) is 15.5. The van der Waals surface area contributed by atoms with Gasteiger partial charge in [0.05, 0.1) is 24.9 Å². The Morgan fingerprint density at radius 3 is 2.84 bits per heavy atom. The largest absolute Gasteiger partial charge is 0.491 e. The molecule has 0 fully saturated rings. The molecule has 1 aromatic carbocycles. The number of rotatable bonds is 9. The summed E-state index contributed by atoms with van der Waals surface area (Å²) in [5, 5.41) is 8.84. The number of hydrogen-bond acceptors (Lipinski definition) is 4. The number of carbonyl (C=O) groups is 1. The molecule has 0 amide bonds. The van der Waals surface area contributed by atoms with Gasteiger partial charge in [-0.05, 0) is 32.0 Å². The zero-order chi connectivity index (χ0) is 14.1. The van der Waals surface area contributed by atoms with Gasteiger partial charge in [-0.15, -0.1) is 0 Å². The summed E-state index contributed by atoms with van der Waals surface area (Å²) in [5.41, 5.74) is 0.211. The van der Waals surface area contributed by atoms with Gasteiger partial charge in [0.1, 0.15) is 12.4 Å². The van der Waals surface area contributed by atoms with E-state index in [4.69, 9.17) is 19.3 Å². The highest BCUT2D eigenvalue weighted by Crippen LogP contribution is 2.13. The highest BCUT2D eigenvalue weighted by Gasteiger charge is 2.04. The molecule has 0 bridgehead atoms. The molecule has 1 aromatic rings. The van der Waals surface area contributed by atoms with Gasteiger partial charge in [0.15, 0.2) is 0 Å². The molecule has 19 heavy (non-hydrogen) atoms. The summed E-state index contributed by atoms with van der Waals surface area (Å²) in [6, 6.07) is 6.38. The minimum atomic E-state index is -0.966. The molecule has 0 aliphatic rings. The number of carboxylic acid groups (broad SMARTS) is 1. The number of carboxylic acids is 1. The monoisotopic (exact) mass is 268 g/mol. The lowest BCUT2D eigenvalue weighted by molar-refractivity contribution is -0.0128. The van der Waals surface area contributed by atoms with Gasteiger partial charge in [-0.1, -0.05) is 6.07 Å². The van der Waals surface area contributed by atoms with E-state index in [0.29, 0.717) is 32.2 Å². The molecule has 5 nitrogen and oxygen atoms in total. The maximum Gasteiger partial charge on any atom is 0.335 e. The zero-order valence-electron chi connectivity index (χ0n) is 11.3. The van der Waals surface area contributed by atoms with Crippen molar-refractivity contribution < 1.29 is 24.1 Å². The van der Waals surface area contributed by atoms with Crippen molar-refractivity contribution in [1.82, 2.24) is 0 Å². The Kier molecular flexibility index (Phi) is 6.92. The fourth-order valence-corrected chi connectivity index (χ4v) is 1.46. The van der Waals surface area contributed by atoms with E-state index in [1.54, 1.807) is 12.1 Å². The third-order valence-electron chi connectivity index (χ3n) is 2.39. The van der Waals surface area contributed by atoms with E-state index in [1.807, 2.05) is 13.8 Å². The second kappa shape index (κ2) is 8.50. The lowest BCUT2D eigenvalue weighted by Gasteiger charge is -2.13. The lowest BCUT2D eigenvalue weighted by atomic mass is 10.2. The van der Waals surface area contributed by atoms with E-state index in [1.165, 1.54) is 12.1 Å². The van der Waals surface area contributed by atoms with Gasteiger partial charge in [-0.25, -0.2) is 4.79 Å². The molecular formula is C14H20O5. The molecule has 1 N–H and O–H groups in total. The van der Waals surface area contributed by atoms with Crippen molar-refractivity contribution in [3.05, 3.63) is 29.8 Å². The molecule has 0 heterocycles. The van der Waals surface area contributed by atoms with Crippen LogP contribution in [0.2, 0.25) is 0 Å². The molecular weight excluding hydrogens is 248 g/mol. The van der Waals surface area contributed by atoms with Crippen LogP contribution in [0, 0.1) is 0 Å². The van der Waals surface area contributed by atoms with Crippen LogP contribution in [-0.2, 0) is 9.47 Å². The van der Waals surface area contributed by atoms with Gasteiger partial charge >= 0.3 is 5.97 Å². The van der Waals surface area contributed by atoms with Crippen molar-refractivity contribution in [2.24, 2.45) is 0 Å². The average Bonchev–Trinajstić information content (AvgIpc) is 2.41. The van der Waals surface area contributed by atoms with E-state index in [2.05, 4.69) is 0 Å². The molecule has 0 aromatic heterocycles. The van der Waals surface area contributed by atoms with Gasteiger partial charge in [0.2, 0.25) is 0 Å². The molecule has 1 unspecified atom stereocenters. The third kappa shape index (κ3) is 6.22. The molecule has 0 aliphatic heterocycles. The number of ether oxygens (including phenoxy) is 3. The number of benzene rings is 1. The Balaban J connectivity index is 2.25. The summed E-state index contributed by atoms with van der Waals surface area (Å²) in [5.74, 6) is -0.437. The van der Waals surface area contributed by atoms with E-state index in [9.17, 15) is 4.79 Å². The van der Waals surface area contributed by atoms with Crippen LogP contribution in [0.5, 0.6) is 5.75 Å². The van der Waals surface area contributed by atoms with Crippen molar-refractivity contribution in [1.29, 1.82) is 0 Å². The Morgan fingerprint density at radius 1 is 1.37 bits per heavy atom. The Bertz CT molecular complexity index is 391. The van der Waals surface area contributed by atoms with Crippen molar-refractivity contribution in [3.8, 4) is 5.75 Å². The normalized spacial score (nSPS) is 12.1. The molecule has 0 saturated heterocycles. The summed E-state index contributed by atoms with van der Waals surface area (Å²) >= 11 is 0. The minimum absolute atomic E-state index is 0.0221. The average molecular weight is 268 g/mol. The smallest absolute Gasteiger partial charge is 0.335 e. The van der Waals surface area contributed by atoms with Crippen LogP contribution in [0.4, 0.5) is 0 Å². The van der Waals surface area contributed by atoms with E-state index in [-0.39, 0.29) is 11.7 Å². The summed E-state index contributed by atoms with van der Waals surface area (Å²) < 4.78 is 16.1. The highest BCUT2D eigenvalue weighted by atomic mass is 16.5. The quantitative estimate of drug-likeness (QED) is 0.695. The van der Waals surface area contributed by atoms with Gasteiger partial charge in [-0.3, -0.25) is 0 Å². The van der Waals surface area contributed by atoms with Crippen LogP contribution in [0.15, 0.2) is 24.3 Å². The van der Waals surface area contributed by atoms with Gasteiger partial charge < -0.3 is 19.3 Å². The van der Waals surface area contributed by atoms with Crippen LogP contribution >= 0.6 is 0 Å². The van der Waals surface area contributed by atoms with Crippen LogP contribution in [0.1, 0.15) is 24.2 Å². The fourth-order valence-electron chi connectivity index (χ4n) is 1.46. The van der Waals surface area contributed by atoms with E-state index >= 15 is 0 Å². The van der Waals surface area contributed by atoms with Crippen LogP contribution in [0.25, 0.3) is 0 Å². The molecule has 1 atom stereocenters. The Morgan fingerprint density at radius 2 is 2.16 bits per heavy atom. The van der Waals surface area contributed by atoms with Crippen molar-refractivity contribution >= 4 is 5.97 Å². The molecule has 0 radical (unpaired) electrons. The zero-order valence-corrected chi connectivity index (χ0v) is 11.3. The second-order valence-corrected chi connectivity index (χ2v) is 4.02. The summed E-state index contributed by atoms with van der Waals surface area (Å²) in [7, 11) is 0. The molecule has 5 heteroatoms. The van der Waals surface area contributed by atoms with Gasteiger partial charge in [0, 0.05) is 6.61 Å². The predicted octanol–water partition coefficient (Wildman–Crippen LogP) is 2.21. The summed E-state index contributed by atoms with van der Waals surface area (Å²) in [6.45, 7) is 5.91. The highest BCUT2D eigenvalue weighted by molar-refractivity contribution is 5.87. The summed E-state index contributed by atoms with van der Waals surface area (Å²) in [6.07, 6.45) is 0.0221. The van der Waals surface area contributed by atoms with Crippen molar-refractivity contribution in [3.63, 3.8) is 0 Å². The van der Waals surface area contributed by atoms with Crippen LogP contribution in [-0.4, -0.2) is 43.6 Å². The fraction of sp³-hybridized carbons (Fsp3) is 0.500. The topological polar surface area (TPSA) is 65.0 Å². The SMILES string of the molecule is CCOCC(C)OCCOc1cccc(C(=O)O)c1. The Labute approximate surface area is 113 Å². The molecule has 0 aliphatic carbocycles. The number of hydrogen-bond donors (Lipinski definition) is 1. The van der Waals surface area contributed by atoms with E-state index in [0.717, 1.165) is 0 Å². The van der Waals surface area contributed by atoms with Crippen LogP contribution < -0.4 is 4.74 Å². The molecule has 0 spiro atoms. The Hall–Kier alpha value is -1.59. The van der Waals surface area contributed by atoms with Gasteiger partial charge in [0.25, 0.3) is 0 Å². The first-order chi connectivity index (χ1) is 9.13. The minimum Gasteiger partial charge on any atom is -0.491 e. The predicted molar refractivity (Wildman–Crippen MR) is 70.8 cm³/mol. The summed E-state index contributed by atoms with van der Waals surface area (Å²) in [4.78, 5) is 10.8. The maximum atomic E-state index is 10.8. The third-order valence-corrected chi connectivity index (χ3v) is 2.39. The molecule has 1 rings (SSSR count). The lowest BCUT2D eigenvalue weighted by Crippen LogP contribution is -2.19. The van der Waals surface area contributed by atoms with Crippen LogP contribution in [0.3, 0.4) is 0 Å².